The van der Waals surface area contributed by atoms with Gasteiger partial charge >= 0.3 is 0 Å². The van der Waals surface area contributed by atoms with Crippen LogP contribution in [0.15, 0.2) is 30.3 Å². The van der Waals surface area contributed by atoms with E-state index in [1.165, 1.54) is 18.4 Å². The summed E-state index contributed by atoms with van der Waals surface area (Å²) in [5.74, 6) is 0.562. The molecule has 0 bridgehead atoms. The molecule has 4 heteroatoms. The minimum atomic E-state index is 0.0311. The number of aryl methyl sites for hydroxylation is 1. The number of hydrogen-bond acceptors (Lipinski definition) is 2. The number of carbonyl (C=O) groups is 2. The second-order valence-corrected chi connectivity index (χ2v) is 6.88. The van der Waals surface area contributed by atoms with Crippen molar-refractivity contribution < 1.29 is 9.59 Å². The molecule has 0 spiro atoms. The van der Waals surface area contributed by atoms with Crippen molar-refractivity contribution in [2.24, 2.45) is 5.92 Å². The van der Waals surface area contributed by atoms with Crippen molar-refractivity contribution in [1.82, 2.24) is 9.80 Å². The molecule has 0 unspecified atom stereocenters. The molecule has 0 aromatic heterocycles. The molecule has 1 aliphatic heterocycles. The van der Waals surface area contributed by atoms with Crippen LogP contribution in [0.25, 0.3) is 6.08 Å². The molecule has 3 rings (SSSR count). The fourth-order valence-electron chi connectivity index (χ4n) is 3.53. The minimum absolute atomic E-state index is 0.0311. The highest BCUT2D eigenvalue weighted by molar-refractivity contribution is 5.92. The fraction of sp³-hybridized carbons (Fsp3) is 0.500. The number of nitrogens with zero attached hydrogens (tertiary/aromatic N) is 2. The molecular weight excluding hydrogens is 300 g/mol. The van der Waals surface area contributed by atoms with Crippen molar-refractivity contribution in [3.8, 4) is 0 Å². The second kappa shape index (κ2) is 7.65. The second-order valence-electron chi connectivity index (χ2n) is 6.88. The first-order chi connectivity index (χ1) is 11.6. The molecule has 1 heterocycles. The van der Waals surface area contributed by atoms with Crippen LogP contribution in [-0.2, 0) is 9.59 Å². The molecule has 1 aliphatic carbocycles. The largest absolute Gasteiger partial charge is 0.339 e. The van der Waals surface area contributed by atoms with Crippen LogP contribution in [0.5, 0.6) is 0 Å². The molecule has 1 aromatic rings. The third-order valence-electron chi connectivity index (χ3n) is 5.10. The molecule has 24 heavy (non-hydrogen) atoms. The van der Waals surface area contributed by atoms with Gasteiger partial charge in [0.15, 0.2) is 0 Å². The molecule has 0 atom stereocenters. The van der Waals surface area contributed by atoms with Crippen molar-refractivity contribution in [1.29, 1.82) is 0 Å². The SMILES string of the molecule is Cc1ccc(C=CC(=O)N2CCN(C(=O)C3CCCC3)CC2)cc1. The van der Waals surface area contributed by atoms with E-state index in [1.807, 2.05) is 47.1 Å². The zero-order chi connectivity index (χ0) is 16.9. The minimum Gasteiger partial charge on any atom is -0.339 e. The van der Waals surface area contributed by atoms with E-state index in [9.17, 15) is 9.59 Å². The van der Waals surface area contributed by atoms with E-state index in [4.69, 9.17) is 0 Å². The van der Waals surface area contributed by atoms with E-state index in [0.29, 0.717) is 32.1 Å². The Hall–Kier alpha value is -2.10. The van der Waals surface area contributed by atoms with Crippen LogP contribution >= 0.6 is 0 Å². The Morgan fingerprint density at radius 2 is 1.54 bits per heavy atom. The third kappa shape index (κ3) is 4.05. The van der Waals surface area contributed by atoms with Crippen LogP contribution in [-0.4, -0.2) is 47.8 Å². The van der Waals surface area contributed by atoms with Gasteiger partial charge in [-0.1, -0.05) is 42.7 Å². The predicted octanol–water partition coefficient (Wildman–Crippen LogP) is 2.87. The average molecular weight is 326 g/mol. The van der Waals surface area contributed by atoms with Gasteiger partial charge in [-0.15, -0.1) is 0 Å². The standard InChI is InChI=1S/C20H26N2O2/c1-16-6-8-17(9-7-16)10-11-19(23)21-12-14-22(15-13-21)20(24)18-4-2-3-5-18/h6-11,18H,2-5,12-15H2,1H3. The zero-order valence-corrected chi connectivity index (χ0v) is 14.4. The van der Waals surface area contributed by atoms with Gasteiger partial charge in [0.25, 0.3) is 0 Å². The van der Waals surface area contributed by atoms with Crippen molar-refractivity contribution in [2.45, 2.75) is 32.6 Å². The lowest BCUT2D eigenvalue weighted by Crippen LogP contribution is -2.51. The van der Waals surface area contributed by atoms with Crippen molar-refractivity contribution in [2.75, 3.05) is 26.2 Å². The van der Waals surface area contributed by atoms with Crippen molar-refractivity contribution >= 4 is 17.9 Å². The van der Waals surface area contributed by atoms with E-state index in [2.05, 4.69) is 0 Å². The Morgan fingerprint density at radius 1 is 0.958 bits per heavy atom. The lowest BCUT2D eigenvalue weighted by atomic mass is 10.1. The van der Waals surface area contributed by atoms with Gasteiger partial charge < -0.3 is 9.80 Å². The Bertz CT molecular complexity index is 607. The molecule has 0 radical (unpaired) electrons. The van der Waals surface area contributed by atoms with E-state index < -0.39 is 0 Å². The number of rotatable bonds is 3. The Balaban J connectivity index is 1.49. The van der Waals surface area contributed by atoms with E-state index in [1.54, 1.807) is 6.08 Å². The highest BCUT2D eigenvalue weighted by atomic mass is 16.2. The lowest BCUT2D eigenvalue weighted by molar-refractivity contribution is -0.140. The van der Waals surface area contributed by atoms with Crippen LogP contribution < -0.4 is 0 Å². The summed E-state index contributed by atoms with van der Waals surface area (Å²) in [7, 11) is 0. The van der Waals surface area contributed by atoms with Gasteiger partial charge in [0.1, 0.15) is 0 Å². The Kier molecular flexibility index (Phi) is 5.34. The van der Waals surface area contributed by atoms with Crippen LogP contribution in [0.2, 0.25) is 0 Å². The molecule has 2 fully saturated rings. The third-order valence-corrected chi connectivity index (χ3v) is 5.10. The maximum Gasteiger partial charge on any atom is 0.246 e. The summed E-state index contributed by atoms with van der Waals surface area (Å²) in [6, 6.07) is 8.10. The van der Waals surface area contributed by atoms with Gasteiger partial charge in [0.2, 0.25) is 11.8 Å². The summed E-state index contributed by atoms with van der Waals surface area (Å²) in [5.41, 5.74) is 2.24. The molecule has 128 valence electrons. The smallest absolute Gasteiger partial charge is 0.246 e. The number of piperazine rings is 1. The molecular formula is C20H26N2O2. The first kappa shape index (κ1) is 16.7. The lowest BCUT2D eigenvalue weighted by Gasteiger charge is -2.35. The number of benzene rings is 1. The Labute approximate surface area is 144 Å². The van der Waals surface area contributed by atoms with Gasteiger partial charge in [0, 0.05) is 38.2 Å². The molecule has 2 amide bonds. The van der Waals surface area contributed by atoms with Crippen molar-refractivity contribution in [3.05, 3.63) is 41.5 Å². The van der Waals surface area contributed by atoms with Gasteiger partial charge in [-0.2, -0.15) is 0 Å². The highest BCUT2D eigenvalue weighted by Gasteiger charge is 2.29. The summed E-state index contributed by atoms with van der Waals surface area (Å²) >= 11 is 0. The summed E-state index contributed by atoms with van der Waals surface area (Å²) in [5, 5.41) is 0. The zero-order valence-electron chi connectivity index (χ0n) is 14.4. The maximum absolute atomic E-state index is 12.4. The van der Waals surface area contributed by atoms with Crippen LogP contribution in [0.1, 0.15) is 36.8 Å². The molecule has 1 aromatic carbocycles. The summed E-state index contributed by atoms with van der Waals surface area (Å²) in [6.07, 6.45) is 7.93. The number of hydrogen-bond donors (Lipinski definition) is 0. The first-order valence-electron chi connectivity index (χ1n) is 8.96. The monoisotopic (exact) mass is 326 g/mol. The van der Waals surface area contributed by atoms with Crippen LogP contribution in [0.4, 0.5) is 0 Å². The van der Waals surface area contributed by atoms with Crippen LogP contribution in [0.3, 0.4) is 0 Å². The molecule has 1 saturated heterocycles. The molecule has 0 N–H and O–H groups in total. The quantitative estimate of drug-likeness (QED) is 0.802. The number of carbonyl (C=O) groups excluding carboxylic acids is 2. The van der Waals surface area contributed by atoms with Gasteiger partial charge in [-0.3, -0.25) is 9.59 Å². The van der Waals surface area contributed by atoms with E-state index in [0.717, 1.165) is 18.4 Å². The van der Waals surface area contributed by atoms with Gasteiger partial charge in [0.05, 0.1) is 0 Å². The normalized spacial score (nSPS) is 19.2. The van der Waals surface area contributed by atoms with Gasteiger partial charge in [-0.05, 0) is 31.4 Å². The highest BCUT2D eigenvalue weighted by Crippen LogP contribution is 2.26. The molecule has 4 nitrogen and oxygen atoms in total. The molecule has 2 aliphatic rings. The van der Waals surface area contributed by atoms with Crippen LogP contribution in [0, 0.1) is 12.8 Å². The predicted molar refractivity (Wildman–Crippen MR) is 95.3 cm³/mol. The van der Waals surface area contributed by atoms with Crippen molar-refractivity contribution in [3.63, 3.8) is 0 Å². The summed E-state index contributed by atoms with van der Waals surface area (Å²) < 4.78 is 0. The topological polar surface area (TPSA) is 40.6 Å². The van der Waals surface area contributed by atoms with E-state index >= 15 is 0 Å². The fourth-order valence-corrected chi connectivity index (χ4v) is 3.53. The Morgan fingerprint density at radius 3 is 2.17 bits per heavy atom. The molecule has 1 saturated carbocycles. The maximum atomic E-state index is 12.4. The average Bonchev–Trinajstić information content (AvgIpc) is 3.15. The van der Waals surface area contributed by atoms with Gasteiger partial charge in [-0.25, -0.2) is 0 Å². The summed E-state index contributed by atoms with van der Waals surface area (Å²) in [6.45, 7) is 4.65. The number of amides is 2. The van der Waals surface area contributed by atoms with E-state index in [-0.39, 0.29) is 11.8 Å². The summed E-state index contributed by atoms with van der Waals surface area (Å²) in [4.78, 5) is 28.5. The first-order valence-corrected chi connectivity index (χ1v) is 8.96.